The van der Waals surface area contributed by atoms with Crippen LogP contribution in [0.25, 0.3) is 0 Å². The molecule has 0 aromatic heterocycles. The van der Waals surface area contributed by atoms with Gasteiger partial charge in [0.05, 0.1) is 0 Å². The number of rotatable bonds is 10. The molecule has 0 radical (unpaired) electrons. The molecule has 0 spiro atoms. The molecule has 0 saturated carbocycles. The van der Waals surface area contributed by atoms with Crippen molar-refractivity contribution < 1.29 is 0 Å². The molecule has 0 rings (SSSR count). The second kappa shape index (κ2) is 13.5. The van der Waals surface area contributed by atoms with Gasteiger partial charge in [0.1, 0.15) is 0 Å². The van der Waals surface area contributed by atoms with Crippen LogP contribution in [0, 0.1) is 0 Å². The lowest BCUT2D eigenvalue weighted by Gasteiger charge is -1.99. The van der Waals surface area contributed by atoms with Crippen LogP contribution in [0.1, 0.15) is 71.6 Å². The quantitative estimate of drug-likeness (QED) is 0.321. The van der Waals surface area contributed by atoms with E-state index < -0.39 is 0 Å². The molecule has 15 heavy (non-hydrogen) atoms. The highest BCUT2D eigenvalue weighted by Crippen LogP contribution is 2.09. The maximum atomic E-state index is 2.27. The Morgan fingerprint density at radius 3 is 1.93 bits per heavy atom. The molecule has 0 atom stereocenters. The van der Waals surface area contributed by atoms with Crippen molar-refractivity contribution in [2.75, 3.05) is 0 Å². The van der Waals surface area contributed by atoms with Gasteiger partial charge in [-0.15, -0.1) is 0 Å². The Morgan fingerprint density at radius 2 is 1.33 bits per heavy atom. The van der Waals surface area contributed by atoms with Gasteiger partial charge >= 0.3 is 0 Å². The third-order valence-corrected chi connectivity index (χ3v) is 2.66. The van der Waals surface area contributed by atoms with E-state index in [-0.39, 0.29) is 0 Å². The van der Waals surface area contributed by atoms with E-state index >= 15 is 0 Å². The molecular formula is C15H28. The second-order valence-corrected chi connectivity index (χ2v) is 4.22. The minimum atomic E-state index is 1.25. The lowest BCUT2D eigenvalue weighted by Crippen LogP contribution is -1.79. The van der Waals surface area contributed by atoms with Crippen LogP contribution >= 0.6 is 0 Å². The van der Waals surface area contributed by atoms with E-state index in [2.05, 4.69) is 38.2 Å². The Bertz CT molecular complexity index is 153. The summed E-state index contributed by atoms with van der Waals surface area (Å²) >= 11 is 0. The minimum absolute atomic E-state index is 1.25. The molecule has 0 aliphatic rings. The summed E-state index contributed by atoms with van der Waals surface area (Å²) in [4.78, 5) is 0. The zero-order valence-electron chi connectivity index (χ0n) is 10.7. The fraction of sp³-hybridized carbons (Fsp3) is 0.733. The van der Waals surface area contributed by atoms with Crippen LogP contribution in [0.5, 0.6) is 0 Å². The Kier molecular flexibility index (Phi) is 13.0. The van der Waals surface area contributed by atoms with Crippen LogP contribution in [-0.2, 0) is 0 Å². The molecule has 0 aliphatic heterocycles. The highest BCUT2D eigenvalue weighted by Gasteiger charge is 1.89. The summed E-state index contributed by atoms with van der Waals surface area (Å²) in [5.41, 5.74) is 0. The zero-order chi connectivity index (χ0) is 11.2. The van der Waals surface area contributed by atoms with Crippen LogP contribution in [-0.4, -0.2) is 0 Å². The van der Waals surface area contributed by atoms with Crippen LogP contribution < -0.4 is 0 Å². The van der Waals surface area contributed by atoms with Crippen LogP contribution in [0.15, 0.2) is 24.3 Å². The third-order valence-electron chi connectivity index (χ3n) is 2.66. The van der Waals surface area contributed by atoms with E-state index in [4.69, 9.17) is 0 Å². The first-order valence-corrected chi connectivity index (χ1v) is 6.69. The first-order valence-electron chi connectivity index (χ1n) is 6.69. The van der Waals surface area contributed by atoms with Crippen molar-refractivity contribution in [3.05, 3.63) is 24.3 Å². The van der Waals surface area contributed by atoms with E-state index in [9.17, 15) is 0 Å². The van der Waals surface area contributed by atoms with Gasteiger partial charge in [-0.25, -0.2) is 0 Å². The molecule has 0 aromatic rings. The molecule has 0 aromatic carbocycles. The smallest absolute Gasteiger partial charge is 0.0348 e. The van der Waals surface area contributed by atoms with Crippen molar-refractivity contribution in [3.63, 3.8) is 0 Å². The highest BCUT2D eigenvalue weighted by atomic mass is 14.0. The molecule has 0 N–H and O–H groups in total. The zero-order valence-corrected chi connectivity index (χ0v) is 10.7. The van der Waals surface area contributed by atoms with Crippen LogP contribution in [0.4, 0.5) is 0 Å². The molecular weight excluding hydrogens is 180 g/mol. The van der Waals surface area contributed by atoms with Gasteiger partial charge in [0.15, 0.2) is 0 Å². The third kappa shape index (κ3) is 13.5. The lowest BCUT2D eigenvalue weighted by molar-refractivity contribution is 0.577. The number of allylic oxidation sites excluding steroid dienone is 4. The van der Waals surface area contributed by atoms with Gasteiger partial charge in [0.2, 0.25) is 0 Å². The maximum Gasteiger partial charge on any atom is -0.0348 e. The van der Waals surface area contributed by atoms with Crippen molar-refractivity contribution in [2.24, 2.45) is 0 Å². The maximum absolute atomic E-state index is 2.27. The minimum Gasteiger partial charge on any atom is -0.0877 e. The van der Waals surface area contributed by atoms with Crippen molar-refractivity contribution in [1.29, 1.82) is 0 Å². The second-order valence-electron chi connectivity index (χ2n) is 4.22. The molecule has 0 saturated heterocycles. The van der Waals surface area contributed by atoms with Gasteiger partial charge < -0.3 is 0 Å². The average Bonchev–Trinajstić information content (AvgIpc) is 2.26. The molecule has 0 fully saturated rings. The molecule has 0 heterocycles. The van der Waals surface area contributed by atoms with E-state index in [0.29, 0.717) is 0 Å². The van der Waals surface area contributed by atoms with Crippen LogP contribution in [0.2, 0.25) is 0 Å². The predicted molar refractivity (Wildman–Crippen MR) is 71.2 cm³/mol. The van der Waals surface area contributed by atoms with Crippen molar-refractivity contribution in [3.8, 4) is 0 Å². The molecule has 0 amide bonds. The van der Waals surface area contributed by atoms with Crippen LogP contribution in [0.3, 0.4) is 0 Å². The Labute approximate surface area is 96.5 Å². The van der Waals surface area contributed by atoms with E-state index in [1.165, 1.54) is 57.8 Å². The lowest BCUT2D eigenvalue weighted by atomic mass is 10.1. The first-order chi connectivity index (χ1) is 7.41. The number of hydrogen-bond donors (Lipinski definition) is 0. The normalized spacial score (nSPS) is 11.9. The summed E-state index contributed by atoms with van der Waals surface area (Å²) < 4.78 is 0. The summed E-state index contributed by atoms with van der Waals surface area (Å²) in [7, 11) is 0. The molecule has 88 valence electrons. The summed E-state index contributed by atoms with van der Waals surface area (Å²) in [6.07, 6.45) is 21.2. The average molecular weight is 208 g/mol. The predicted octanol–water partition coefficient (Wildman–Crippen LogP) is 5.65. The topological polar surface area (TPSA) is 0 Å². The molecule has 0 aliphatic carbocycles. The van der Waals surface area contributed by atoms with Crippen molar-refractivity contribution >= 4 is 0 Å². The standard InChI is InChI=1S/C15H28/c1-3-5-7-9-11-13-15-14-12-10-8-6-4-2/h3,5,7,9H,4,6,8,10-15H2,1-2H3/b5-3-,9-7+. The Morgan fingerprint density at radius 1 is 0.733 bits per heavy atom. The van der Waals surface area contributed by atoms with Crippen molar-refractivity contribution in [2.45, 2.75) is 71.6 Å². The molecule has 0 nitrogen and oxygen atoms in total. The fourth-order valence-electron chi connectivity index (χ4n) is 1.68. The van der Waals surface area contributed by atoms with Gasteiger partial charge in [-0.2, -0.15) is 0 Å². The highest BCUT2D eigenvalue weighted by molar-refractivity contribution is 5.00. The van der Waals surface area contributed by atoms with Gasteiger partial charge in [-0.1, -0.05) is 76.2 Å². The Hall–Kier alpha value is -0.520. The number of unbranched alkanes of at least 4 members (excludes halogenated alkanes) is 8. The fourth-order valence-corrected chi connectivity index (χ4v) is 1.68. The number of hydrogen-bond acceptors (Lipinski definition) is 0. The Balaban J connectivity index is 2.98. The van der Waals surface area contributed by atoms with Crippen molar-refractivity contribution in [1.82, 2.24) is 0 Å². The summed E-state index contributed by atoms with van der Waals surface area (Å²) in [6, 6.07) is 0. The molecule has 0 bridgehead atoms. The van der Waals surface area contributed by atoms with E-state index in [1.807, 2.05) is 0 Å². The van der Waals surface area contributed by atoms with E-state index in [1.54, 1.807) is 0 Å². The molecule has 0 heteroatoms. The summed E-state index contributed by atoms with van der Waals surface area (Å²) in [5.74, 6) is 0. The first kappa shape index (κ1) is 14.5. The van der Waals surface area contributed by atoms with Gasteiger partial charge in [0, 0.05) is 0 Å². The molecule has 0 unspecified atom stereocenters. The summed E-state index contributed by atoms with van der Waals surface area (Å²) in [6.45, 7) is 4.33. The van der Waals surface area contributed by atoms with Gasteiger partial charge in [0.25, 0.3) is 0 Å². The van der Waals surface area contributed by atoms with E-state index in [0.717, 1.165) is 0 Å². The van der Waals surface area contributed by atoms with Gasteiger partial charge in [-0.05, 0) is 19.8 Å². The SMILES string of the molecule is C/C=C\C=C\CCCCCCCCCC. The van der Waals surface area contributed by atoms with Gasteiger partial charge in [-0.3, -0.25) is 0 Å². The largest absolute Gasteiger partial charge is 0.0877 e. The summed E-state index contributed by atoms with van der Waals surface area (Å²) in [5, 5.41) is 0. The monoisotopic (exact) mass is 208 g/mol.